The smallest absolute Gasteiger partial charge is 0.169 e. The van der Waals surface area contributed by atoms with Crippen LogP contribution in [-0.2, 0) is 4.74 Å². The van der Waals surface area contributed by atoms with E-state index in [9.17, 15) is 0 Å². The molecule has 0 amide bonds. The first-order valence-electron chi connectivity index (χ1n) is 3.12. The third-order valence-corrected chi connectivity index (χ3v) is 5.30. The first kappa shape index (κ1) is 8.29. The van der Waals surface area contributed by atoms with Crippen LogP contribution in [0.2, 0.25) is 0 Å². The fourth-order valence-corrected chi connectivity index (χ4v) is 4.42. The van der Waals surface area contributed by atoms with Crippen LogP contribution in [0.5, 0.6) is 0 Å². The molecule has 2 aliphatic heterocycles. The maximum Gasteiger partial charge on any atom is 0.169 e. The standard InChI is InChI=1S/C6H6OS4/c1-3-8-10-5(1)7-6-2-4-9-11-6/h1-2H,3-4H2. The van der Waals surface area contributed by atoms with Gasteiger partial charge in [0.05, 0.1) is 0 Å². The lowest BCUT2D eigenvalue weighted by atomic mass is 10.7. The van der Waals surface area contributed by atoms with E-state index in [1.807, 2.05) is 21.6 Å². The summed E-state index contributed by atoms with van der Waals surface area (Å²) in [7, 11) is 7.09. The van der Waals surface area contributed by atoms with Gasteiger partial charge < -0.3 is 4.74 Å². The predicted molar refractivity (Wildman–Crippen MR) is 57.3 cm³/mol. The van der Waals surface area contributed by atoms with Gasteiger partial charge in [0.1, 0.15) is 0 Å². The first-order valence-corrected chi connectivity index (χ1v) is 7.76. The Morgan fingerprint density at radius 3 is 1.91 bits per heavy atom. The van der Waals surface area contributed by atoms with E-state index < -0.39 is 0 Å². The van der Waals surface area contributed by atoms with Crippen molar-refractivity contribution < 1.29 is 4.74 Å². The SMILES string of the molecule is C1=C(OC2=CCSS2)SSC1. The molecule has 2 heterocycles. The molecule has 0 aromatic rings. The summed E-state index contributed by atoms with van der Waals surface area (Å²) < 4.78 is 5.58. The molecule has 0 N–H and O–H groups in total. The summed E-state index contributed by atoms with van der Waals surface area (Å²) in [5.41, 5.74) is 0. The molecule has 2 aliphatic rings. The number of hydrogen-bond donors (Lipinski definition) is 0. The van der Waals surface area contributed by atoms with Gasteiger partial charge in [-0.3, -0.25) is 0 Å². The van der Waals surface area contributed by atoms with E-state index >= 15 is 0 Å². The fraction of sp³-hybridized carbons (Fsp3) is 0.333. The van der Waals surface area contributed by atoms with Crippen LogP contribution in [0.15, 0.2) is 22.3 Å². The number of ether oxygens (including phenoxy) is 1. The van der Waals surface area contributed by atoms with Crippen molar-refractivity contribution in [2.24, 2.45) is 0 Å². The molecule has 5 heteroatoms. The van der Waals surface area contributed by atoms with Crippen LogP contribution in [0, 0.1) is 0 Å². The molecule has 0 bridgehead atoms. The van der Waals surface area contributed by atoms with Crippen molar-refractivity contribution in [1.82, 2.24) is 0 Å². The van der Waals surface area contributed by atoms with Gasteiger partial charge in [-0.1, -0.05) is 21.6 Å². The van der Waals surface area contributed by atoms with Crippen LogP contribution in [-0.4, -0.2) is 11.5 Å². The molecule has 0 saturated carbocycles. The maximum atomic E-state index is 5.58. The van der Waals surface area contributed by atoms with Crippen LogP contribution in [0.25, 0.3) is 0 Å². The van der Waals surface area contributed by atoms with Crippen molar-refractivity contribution in [3.05, 3.63) is 22.3 Å². The number of hydrogen-bond acceptors (Lipinski definition) is 5. The summed E-state index contributed by atoms with van der Waals surface area (Å²) in [6.45, 7) is 0. The molecule has 0 unspecified atom stereocenters. The van der Waals surface area contributed by atoms with Crippen LogP contribution >= 0.6 is 43.2 Å². The summed E-state index contributed by atoms with van der Waals surface area (Å²) >= 11 is 0. The highest BCUT2D eigenvalue weighted by Crippen LogP contribution is 2.44. The lowest BCUT2D eigenvalue weighted by molar-refractivity contribution is 0.375. The molecule has 0 aromatic heterocycles. The quantitative estimate of drug-likeness (QED) is 0.660. The molecule has 1 nitrogen and oxygen atoms in total. The molecule has 0 spiro atoms. The molecule has 2 rings (SSSR count). The lowest BCUT2D eigenvalue weighted by Gasteiger charge is -2.02. The highest BCUT2D eigenvalue weighted by atomic mass is 33.1. The van der Waals surface area contributed by atoms with E-state index in [1.165, 1.54) is 0 Å². The Morgan fingerprint density at radius 1 is 1.00 bits per heavy atom. The number of rotatable bonds is 2. The minimum atomic E-state index is 1.05. The zero-order valence-corrected chi connectivity index (χ0v) is 8.88. The van der Waals surface area contributed by atoms with E-state index in [-0.39, 0.29) is 0 Å². The normalized spacial score (nSPS) is 23.3. The maximum absolute atomic E-state index is 5.58. The topological polar surface area (TPSA) is 9.23 Å². The van der Waals surface area contributed by atoms with Gasteiger partial charge in [0, 0.05) is 11.5 Å². The molecular formula is C6H6OS4. The minimum Gasteiger partial charge on any atom is -0.443 e. The van der Waals surface area contributed by atoms with Gasteiger partial charge in [-0.25, -0.2) is 0 Å². The van der Waals surface area contributed by atoms with Crippen LogP contribution in [0.4, 0.5) is 0 Å². The van der Waals surface area contributed by atoms with Gasteiger partial charge in [-0.15, -0.1) is 0 Å². The molecule has 0 fully saturated rings. The van der Waals surface area contributed by atoms with Gasteiger partial charge in [-0.2, -0.15) is 0 Å². The van der Waals surface area contributed by atoms with E-state index in [2.05, 4.69) is 12.2 Å². The van der Waals surface area contributed by atoms with Gasteiger partial charge in [0.2, 0.25) is 0 Å². The Labute approximate surface area is 81.6 Å². The summed E-state index contributed by atoms with van der Waals surface area (Å²) in [6.07, 6.45) is 4.25. The molecule has 0 aliphatic carbocycles. The second kappa shape index (κ2) is 4.07. The molecule has 0 saturated heterocycles. The third kappa shape index (κ3) is 2.31. The zero-order chi connectivity index (χ0) is 7.52. The monoisotopic (exact) mass is 222 g/mol. The van der Waals surface area contributed by atoms with Gasteiger partial charge in [0.15, 0.2) is 10.2 Å². The lowest BCUT2D eigenvalue weighted by Crippen LogP contribution is -1.79. The Bertz CT molecular complexity index is 189. The van der Waals surface area contributed by atoms with Crippen molar-refractivity contribution in [1.29, 1.82) is 0 Å². The second-order valence-corrected chi connectivity index (χ2v) is 6.57. The molecular weight excluding hydrogens is 216 g/mol. The van der Waals surface area contributed by atoms with Crippen LogP contribution < -0.4 is 0 Å². The average molecular weight is 222 g/mol. The average Bonchev–Trinajstić information content (AvgIpc) is 2.60. The molecule has 60 valence electrons. The van der Waals surface area contributed by atoms with E-state index in [0.29, 0.717) is 0 Å². The summed E-state index contributed by atoms with van der Waals surface area (Å²) in [5, 5.41) is 2.10. The van der Waals surface area contributed by atoms with E-state index in [0.717, 1.165) is 21.7 Å². The van der Waals surface area contributed by atoms with E-state index in [4.69, 9.17) is 4.74 Å². The highest BCUT2D eigenvalue weighted by Gasteiger charge is 2.13. The summed E-state index contributed by atoms with van der Waals surface area (Å²) in [6, 6.07) is 0. The third-order valence-electron chi connectivity index (χ3n) is 1.12. The van der Waals surface area contributed by atoms with Crippen LogP contribution in [0.3, 0.4) is 0 Å². The summed E-state index contributed by atoms with van der Waals surface area (Å²) in [5.74, 6) is 2.15. The minimum absolute atomic E-state index is 1.05. The zero-order valence-electron chi connectivity index (χ0n) is 5.61. The largest absolute Gasteiger partial charge is 0.443 e. The molecule has 0 aromatic carbocycles. The van der Waals surface area contributed by atoms with Gasteiger partial charge in [-0.05, 0) is 33.7 Å². The van der Waals surface area contributed by atoms with Crippen molar-refractivity contribution in [2.45, 2.75) is 0 Å². The Hall–Kier alpha value is 0.680. The van der Waals surface area contributed by atoms with Crippen molar-refractivity contribution in [2.75, 3.05) is 11.5 Å². The van der Waals surface area contributed by atoms with E-state index in [1.54, 1.807) is 21.6 Å². The van der Waals surface area contributed by atoms with Crippen molar-refractivity contribution in [3.63, 3.8) is 0 Å². The van der Waals surface area contributed by atoms with Gasteiger partial charge >= 0.3 is 0 Å². The Kier molecular flexibility index (Phi) is 3.07. The molecule has 0 atom stereocenters. The highest BCUT2D eigenvalue weighted by molar-refractivity contribution is 8.79. The van der Waals surface area contributed by atoms with Crippen molar-refractivity contribution >= 4 is 43.2 Å². The molecule has 11 heavy (non-hydrogen) atoms. The summed E-state index contributed by atoms with van der Waals surface area (Å²) in [4.78, 5) is 0. The Balaban J connectivity index is 1.89. The Morgan fingerprint density at radius 2 is 1.55 bits per heavy atom. The fourth-order valence-electron chi connectivity index (χ4n) is 0.673. The van der Waals surface area contributed by atoms with Gasteiger partial charge in [0.25, 0.3) is 0 Å². The molecule has 0 radical (unpaired) electrons. The van der Waals surface area contributed by atoms with Crippen molar-refractivity contribution in [3.8, 4) is 0 Å². The van der Waals surface area contributed by atoms with Crippen LogP contribution in [0.1, 0.15) is 0 Å². The second-order valence-electron chi connectivity index (χ2n) is 1.88. The first-order chi connectivity index (χ1) is 5.45. The predicted octanol–water partition coefficient (Wildman–Crippen LogP) is 3.48.